The van der Waals surface area contributed by atoms with Crippen molar-refractivity contribution in [1.82, 2.24) is 14.7 Å². The number of esters is 3. The molecule has 522 valence electrons. The van der Waals surface area contributed by atoms with Gasteiger partial charge in [-0.25, -0.2) is 29.4 Å². The molecule has 0 amide bonds. The van der Waals surface area contributed by atoms with Crippen LogP contribution in [0, 0.1) is 0 Å². The highest BCUT2D eigenvalue weighted by atomic mass is 16.5. The fraction of sp³-hybridized carbons (Fsp3) is 0.161. The summed E-state index contributed by atoms with van der Waals surface area (Å²) in [5.41, 5.74) is 8.04. The lowest BCUT2D eigenvalue weighted by Gasteiger charge is -2.37. The molecule has 0 spiro atoms. The molecule has 0 fully saturated rings. The van der Waals surface area contributed by atoms with Crippen molar-refractivity contribution in [2.75, 3.05) is 19.8 Å². The van der Waals surface area contributed by atoms with E-state index in [4.69, 9.17) is 29.2 Å². The first kappa shape index (κ1) is 70.9. The first-order valence-corrected chi connectivity index (χ1v) is 35.9. The van der Waals surface area contributed by atoms with Crippen LogP contribution in [-0.4, -0.2) is 69.9 Å². The van der Waals surface area contributed by atoms with Gasteiger partial charge in [-0.2, -0.15) is 0 Å². The molecule has 0 radical (unpaired) electrons. The number of nitrogens with zero attached hydrogens (tertiary/aromatic N) is 6. The number of hydrogen-bond donors (Lipinski definition) is 0. The lowest BCUT2D eigenvalue weighted by Crippen LogP contribution is -2.44. The van der Waals surface area contributed by atoms with E-state index in [0.29, 0.717) is 19.6 Å². The van der Waals surface area contributed by atoms with Gasteiger partial charge in [0, 0.05) is 36.3 Å². The molecule has 0 saturated heterocycles. The molecule has 0 bridgehead atoms. The zero-order valence-corrected chi connectivity index (χ0v) is 59.2. The molecule has 6 atom stereocenters. The van der Waals surface area contributed by atoms with Crippen molar-refractivity contribution < 1.29 is 28.6 Å². The molecular formula is C93H84N6O6. The Morgan fingerprint density at radius 2 is 0.448 bits per heavy atom. The van der Waals surface area contributed by atoms with E-state index in [1.54, 1.807) is 0 Å². The Bertz CT molecular complexity index is 4370. The molecule has 12 aromatic carbocycles. The molecule has 0 unspecified atom stereocenters. The summed E-state index contributed by atoms with van der Waals surface area (Å²) in [4.78, 5) is 64.5. The van der Waals surface area contributed by atoms with Gasteiger partial charge >= 0.3 is 17.9 Å². The first-order chi connectivity index (χ1) is 51.7. The summed E-state index contributed by atoms with van der Waals surface area (Å²) in [5.74, 6) is 1.30. The normalized spacial score (nSPS) is 19.3. The van der Waals surface area contributed by atoms with Crippen LogP contribution in [0.1, 0.15) is 106 Å². The van der Waals surface area contributed by atoms with Gasteiger partial charge in [0.2, 0.25) is 16.6 Å². The third-order valence-corrected chi connectivity index (χ3v) is 19.2. The molecule has 0 N–H and O–H groups in total. The van der Waals surface area contributed by atoms with E-state index in [1.165, 1.54) is 0 Å². The van der Waals surface area contributed by atoms with Gasteiger partial charge in [0.25, 0.3) is 0 Å². The zero-order valence-electron chi connectivity index (χ0n) is 59.2. The van der Waals surface area contributed by atoms with Gasteiger partial charge in [0.05, 0.1) is 37.9 Å². The van der Waals surface area contributed by atoms with Gasteiger partial charge in [-0.05, 0) is 70.8 Å². The molecule has 0 aliphatic carbocycles. The fourth-order valence-corrected chi connectivity index (χ4v) is 14.7. The van der Waals surface area contributed by atoms with Crippen LogP contribution in [0.4, 0.5) is 0 Å². The van der Waals surface area contributed by atoms with E-state index >= 15 is 0 Å². The number of rotatable bonds is 21. The van der Waals surface area contributed by atoms with Crippen molar-refractivity contribution in [1.29, 1.82) is 0 Å². The second-order valence-electron chi connectivity index (χ2n) is 25.7. The van der Waals surface area contributed by atoms with Crippen LogP contribution in [0.5, 0.6) is 0 Å². The summed E-state index contributed by atoms with van der Waals surface area (Å²) in [7, 11) is 0. The van der Waals surface area contributed by atoms with Gasteiger partial charge in [-0.3, -0.25) is 0 Å². The van der Waals surface area contributed by atoms with Crippen LogP contribution in [0.25, 0.3) is 0 Å². The van der Waals surface area contributed by atoms with Crippen LogP contribution in [0.15, 0.2) is 379 Å². The van der Waals surface area contributed by atoms with E-state index in [-0.39, 0.29) is 55.9 Å². The summed E-state index contributed by atoms with van der Waals surface area (Å²) in [6.07, 6.45) is 0. The number of amidine groups is 3. The SMILES string of the molecule is CCOC(=O)[C@@]1(c2ccccc2)N=C(c2ccccc2)N(Cc2ccccc2)[C@H]1c1ccccc1.CCOC(=O)[C@@]1(c2ccccc2)N=C(c2ccccc2)N(Cc2ccccc2)[C@H]1c1ccccc1.CCOC(=O)[C@]1(c2ccccc2)N=C(c2ccccc2)N(Cc2ccccc2)[C@@H]1c1ccccc1. The summed E-state index contributed by atoms with van der Waals surface area (Å²) in [5, 5.41) is 0. The molecule has 12 heteroatoms. The molecule has 15 rings (SSSR count). The average molecular weight is 1380 g/mol. The predicted molar refractivity (Wildman–Crippen MR) is 417 cm³/mol. The quantitative estimate of drug-likeness (QED) is 0.0511. The zero-order chi connectivity index (χ0) is 72.3. The highest BCUT2D eigenvalue weighted by Crippen LogP contribution is 2.53. The number of benzene rings is 12. The number of carbonyl (C=O) groups excluding carboxylic acids is 3. The minimum absolute atomic E-state index is 0.282. The van der Waals surface area contributed by atoms with Crippen LogP contribution in [0.3, 0.4) is 0 Å². The van der Waals surface area contributed by atoms with E-state index in [2.05, 4.69) is 87.5 Å². The Morgan fingerprint density at radius 1 is 0.267 bits per heavy atom. The Morgan fingerprint density at radius 3 is 0.648 bits per heavy atom. The fourth-order valence-electron chi connectivity index (χ4n) is 14.7. The maximum Gasteiger partial charge on any atom is 0.341 e. The van der Waals surface area contributed by atoms with E-state index in [0.717, 1.165) is 84.3 Å². The summed E-state index contributed by atoms with van der Waals surface area (Å²) < 4.78 is 17.2. The molecule has 105 heavy (non-hydrogen) atoms. The third kappa shape index (κ3) is 14.9. The van der Waals surface area contributed by atoms with Gasteiger partial charge in [-0.1, -0.05) is 364 Å². The highest BCUT2D eigenvalue weighted by molar-refractivity contribution is 6.06. The van der Waals surface area contributed by atoms with Crippen molar-refractivity contribution >= 4 is 35.4 Å². The van der Waals surface area contributed by atoms with Crippen molar-refractivity contribution in [2.45, 2.75) is 75.1 Å². The number of aliphatic imine (C=N–C) groups is 3. The van der Waals surface area contributed by atoms with Crippen molar-refractivity contribution in [3.05, 3.63) is 431 Å². The summed E-state index contributed by atoms with van der Waals surface area (Å²) >= 11 is 0. The maximum atomic E-state index is 14.0. The van der Waals surface area contributed by atoms with Gasteiger partial charge in [0.1, 0.15) is 17.5 Å². The lowest BCUT2D eigenvalue weighted by molar-refractivity contribution is -0.152. The molecule has 0 saturated carbocycles. The molecule has 3 aliphatic heterocycles. The van der Waals surface area contributed by atoms with E-state index < -0.39 is 16.6 Å². The Balaban J connectivity index is 0.000000140. The van der Waals surface area contributed by atoms with Gasteiger partial charge in [-0.15, -0.1) is 0 Å². The Labute approximate surface area is 616 Å². The Hall–Kier alpha value is -12.5. The number of ether oxygens (including phenoxy) is 3. The van der Waals surface area contributed by atoms with Crippen LogP contribution in [0.2, 0.25) is 0 Å². The average Bonchev–Trinajstić information content (AvgIpc) is 1.59. The minimum atomic E-state index is -1.25. The van der Waals surface area contributed by atoms with Crippen molar-refractivity contribution in [3.8, 4) is 0 Å². The second-order valence-corrected chi connectivity index (χ2v) is 25.7. The smallest absolute Gasteiger partial charge is 0.341 e. The molecule has 0 aromatic heterocycles. The highest BCUT2D eigenvalue weighted by Gasteiger charge is 2.60. The van der Waals surface area contributed by atoms with Crippen LogP contribution < -0.4 is 0 Å². The van der Waals surface area contributed by atoms with Crippen molar-refractivity contribution in [2.24, 2.45) is 15.0 Å². The second kappa shape index (κ2) is 33.5. The maximum absolute atomic E-state index is 14.0. The largest absolute Gasteiger partial charge is 0.464 e. The minimum Gasteiger partial charge on any atom is -0.464 e. The molecule has 12 aromatic rings. The standard InChI is InChI=1S/3C31H28N2O2/c3*1-2-35-30(34)31(27-21-13-6-14-22-27)28(25-17-9-4-10-18-25)33(23-24-15-7-3-8-16-24)29(32-31)26-19-11-5-12-20-26/h3*3-22,28H,2,23H2,1H3/t3*28-,31-/m100/s1. The Kier molecular flexibility index (Phi) is 22.6. The monoisotopic (exact) mass is 1380 g/mol. The van der Waals surface area contributed by atoms with Gasteiger partial charge in [0.15, 0.2) is 0 Å². The van der Waals surface area contributed by atoms with E-state index in [1.807, 2.05) is 312 Å². The topological polar surface area (TPSA) is 126 Å². The molecule has 3 heterocycles. The number of hydrogen-bond acceptors (Lipinski definition) is 12. The first-order valence-electron chi connectivity index (χ1n) is 35.9. The van der Waals surface area contributed by atoms with Gasteiger partial charge < -0.3 is 28.9 Å². The van der Waals surface area contributed by atoms with Crippen LogP contribution in [-0.2, 0) is 64.8 Å². The van der Waals surface area contributed by atoms with Crippen LogP contribution >= 0.6 is 0 Å². The summed E-state index contributed by atoms with van der Waals surface area (Å²) in [6, 6.07) is 120. The van der Waals surface area contributed by atoms with Crippen molar-refractivity contribution in [3.63, 3.8) is 0 Å². The molecular weight excluding hydrogens is 1300 g/mol. The van der Waals surface area contributed by atoms with E-state index in [9.17, 15) is 14.4 Å². The molecule has 12 nitrogen and oxygen atoms in total. The summed E-state index contributed by atoms with van der Waals surface area (Å²) in [6.45, 7) is 8.16. The number of carbonyl (C=O) groups is 3. The molecule has 3 aliphatic rings. The third-order valence-electron chi connectivity index (χ3n) is 19.2. The lowest BCUT2D eigenvalue weighted by atomic mass is 9.79. The predicted octanol–water partition coefficient (Wildman–Crippen LogP) is 18.4.